The van der Waals surface area contributed by atoms with Gasteiger partial charge in [-0.3, -0.25) is 4.79 Å². The SMILES string of the molecule is CC(=O)c1c(C#N)cc(C)cc1C(F)F. The maximum absolute atomic E-state index is 12.6. The van der Waals surface area contributed by atoms with Crippen molar-refractivity contribution in [3.63, 3.8) is 0 Å². The highest BCUT2D eigenvalue weighted by molar-refractivity contribution is 5.98. The molecule has 0 aliphatic carbocycles. The van der Waals surface area contributed by atoms with E-state index in [1.54, 1.807) is 13.0 Å². The zero-order chi connectivity index (χ0) is 11.6. The maximum Gasteiger partial charge on any atom is 0.264 e. The molecule has 0 aliphatic rings. The Labute approximate surface area is 86.1 Å². The molecule has 0 amide bonds. The van der Waals surface area contributed by atoms with E-state index in [4.69, 9.17) is 5.26 Å². The Balaban J connectivity index is 3.56. The monoisotopic (exact) mass is 209 g/mol. The van der Waals surface area contributed by atoms with Crippen LogP contribution >= 0.6 is 0 Å². The lowest BCUT2D eigenvalue weighted by atomic mass is 9.96. The number of aryl methyl sites for hydroxylation is 1. The first-order valence-electron chi connectivity index (χ1n) is 4.31. The van der Waals surface area contributed by atoms with E-state index in [0.29, 0.717) is 5.56 Å². The van der Waals surface area contributed by atoms with Crippen LogP contribution in [0.5, 0.6) is 0 Å². The molecule has 0 atom stereocenters. The quantitative estimate of drug-likeness (QED) is 0.702. The first-order valence-corrected chi connectivity index (χ1v) is 4.31. The third-order valence-electron chi connectivity index (χ3n) is 2.02. The molecule has 0 radical (unpaired) electrons. The molecule has 1 aromatic carbocycles. The summed E-state index contributed by atoms with van der Waals surface area (Å²) < 4.78 is 25.2. The second-order valence-corrected chi connectivity index (χ2v) is 3.25. The number of hydrogen-bond donors (Lipinski definition) is 0. The average molecular weight is 209 g/mol. The largest absolute Gasteiger partial charge is 0.294 e. The molecule has 0 fully saturated rings. The molecule has 0 heterocycles. The smallest absolute Gasteiger partial charge is 0.264 e. The lowest BCUT2D eigenvalue weighted by Gasteiger charge is -2.09. The molecule has 1 aromatic rings. The highest BCUT2D eigenvalue weighted by Gasteiger charge is 2.20. The van der Waals surface area contributed by atoms with Gasteiger partial charge in [0.05, 0.1) is 11.6 Å². The van der Waals surface area contributed by atoms with Crippen molar-refractivity contribution in [3.8, 4) is 6.07 Å². The minimum atomic E-state index is -2.74. The van der Waals surface area contributed by atoms with E-state index in [0.717, 1.165) is 0 Å². The molecule has 0 saturated heterocycles. The highest BCUT2D eigenvalue weighted by Crippen LogP contribution is 2.27. The van der Waals surface area contributed by atoms with E-state index in [1.807, 2.05) is 0 Å². The van der Waals surface area contributed by atoms with Crippen LogP contribution < -0.4 is 0 Å². The molecule has 0 unspecified atom stereocenters. The van der Waals surface area contributed by atoms with E-state index in [9.17, 15) is 13.6 Å². The van der Waals surface area contributed by atoms with Gasteiger partial charge in [-0.1, -0.05) is 0 Å². The second kappa shape index (κ2) is 4.18. The summed E-state index contributed by atoms with van der Waals surface area (Å²) in [5.74, 6) is -0.512. The fourth-order valence-electron chi connectivity index (χ4n) is 1.47. The summed E-state index contributed by atoms with van der Waals surface area (Å²) in [6, 6.07) is 4.43. The summed E-state index contributed by atoms with van der Waals surface area (Å²) in [5, 5.41) is 8.75. The van der Waals surface area contributed by atoms with Gasteiger partial charge in [-0.25, -0.2) is 8.78 Å². The molecule has 0 aromatic heterocycles. The number of carbonyl (C=O) groups excluding carboxylic acids is 1. The van der Waals surface area contributed by atoms with Gasteiger partial charge >= 0.3 is 0 Å². The van der Waals surface area contributed by atoms with Crippen LogP contribution in [0.15, 0.2) is 12.1 Å². The van der Waals surface area contributed by atoms with E-state index in [1.165, 1.54) is 19.1 Å². The predicted octanol–water partition coefficient (Wildman–Crippen LogP) is 3.01. The average Bonchev–Trinajstić information content (AvgIpc) is 2.15. The number of nitrogens with zero attached hydrogens (tertiary/aromatic N) is 1. The van der Waals surface area contributed by atoms with E-state index >= 15 is 0 Å². The van der Waals surface area contributed by atoms with Crippen LogP contribution in [0, 0.1) is 18.3 Å². The molecule has 0 saturated carbocycles. The molecule has 0 N–H and O–H groups in total. The van der Waals surface area contributed by atoms with Crippen molar-refractivity contribution in [1.82, 2.24) is 0 Å². The molecule has 2 nitrogen and oxygen atoms in total. The van der Waals surface area contributed by atoms with Gasteiger partial charge in [0.2, 0.25) is 0 Å². The molecule has 0 bridgehead atoms. The molecular formula is C11H9F2NO. The minimum absolute atomic E-state index is 0.0119. The first kappa shape index (κ1) is 11.3. The number of carbonyl (C=O) groups is 1. The number of ketones is 1. The lowest BCUT2D eigenvalue weighted by Crippen LogP contribution is -2.04. The van der Waals surface area contributed by atoms with Gasteiger partial charge in [-0.05, 0) is 31.5 Å². The number of halogens is 2. The van der Waals surface area contributed by atoms with Crippen molar-refractivity contribution in [2.75, 3.05) is 0 Å². The van der Waals surface area contributed by atoms with Crippen molar-refractivity contribution < 1.29 is 13.6 Å². The van der Waals surface area contributed by atoms with E-state index in [2.05, 4.69) is 0 Å². The van der Waals surface area contributed by atoms with Crippen LogP contribution in [0.1, 0.15) is 40.4 Å². The molecule has 0 aliphatic heterocycles. The van der Waals surface area contributed by atoms with Crippen LogP contribution in [0.3, 0.4) is 0 Å². The van der Waals surface area contributed by atoms with Gasteiger partial charge in [0.25, 0.3) is 6.43 Å². The van der Waals surface area contributed by atoms with Crippen molar-refractivity contribution in [1.29, 1.82) is 5.26 Å². The fourth-order valence-corrected chi connectivity index (χ4v) is 1.47. The Bertz CT molecular complexity index is 447. The number of rotatable bonds is 2. The van der Waals surface area contributed by atoms with Crippen molar-refractivity contribution in [2.24, 2.45) is 0 Å². The normalized spacial score (nSPS) is 10.1. The molecule has 0 spiro atoms. The first-order chi connectivity index (χ1) is 6.97. The van der Waals surface area contributed by atoms with Crippen molar-refractivity contribution in [3.05, 3.63) is 34.4 Å². The summed E-state index contributed by atoms with van der Waals surface area (Å²) >= 11 is 0. The van der Waals surface area contributed by atoms with Gasteiger partial charge in [0.1, 0.15) is 0 Å². The summed E-state index contributed by atoms with van der Waals surface area (Å²) in [6.45, 7) is 2.79. The third kappa shape index (κ3) is 2.18. The van der Waals surface area contributed by atoms with Gasteiger partial charge < -0.3 is 0 Å². The number of Topliss-reactive ketones (excluding diaryl/α,β-unsaturated/α-hetero) is 1. The Morgan fingerprint density at radius 3 is 2.47 bits per heavy atom. The van der Waals surface area contributed by atoms with E-state index in [-0.39, 0.29) is 16.7 Å². The maximum atomic E-state index is 12.6. The predicted molar refractivity (Wildman–Crippen MR) is 50.9 cm³/mol. The fraction of sp³-hybridized carbons (Fsp3) is 0.273. The molecule has 15 heavy (non-hydrogen) atoms. The minimum Gasteiger partial charge on any atom is -0.294 e. The zero-order valence-corrected chi connectivity index (χ0v) is 8.34. The number of nitriles is 1. The van der Waals surface area contributed by atoms with Gasteiger partial charge in [0.15, 0.2) is 5.78 Å². The van der Waals surface area contributed by atoms with E-state index < -0.39 is 12.2 Å². The van der Waals surface area contributed by atoms with Crippen LogP contribution in [-0.4, -0.2) is 5.78 Å². The number of benzene rings is 1. The summed E-state index contributed by atoms with van der Waals surface area (Å²) in [7, 11) is 0. The standard InChI is InChI=1S/C11H9F2NO/c1-6-3-8(5-14)10(7(2)15)9(4-6)11(12)13/h3-4,11H,1-2H3. The van der Waals surface area contributed by atoms with Crippen LogP contribution in [0.4, 0.5) is 8.78 Å². The molecule has 1 rings (SSSR count). The van der Waals surface area contributed by atoms with Gasteiger partial charge in [0, 0.05) is 11.1 Å². The van der Waals surface area contributed by atoms with Crippen molar-refractivity contribution in [2.45, 2.75) is 20.3 Å². The zero-order valence-electron chi connectivity index (χ0n) is 8.34. The lowest BCUT2D eigenvalue weighted by molar-refractivity contribution is 0.0998. The van der Waals surface area contributed by atoms with Gasteiger partial charge in [-0.2, -0.15) is 5.26 Å². The molecule has 78 valence electrons. The Kier molecular flexibility index (Phi) is 3.15. The van der Waals surface area contributed by atoms with Crippen LogP contribution in [0.25, 0.3) is 0 Å². The third-order valence-corrected chi connectivity index (χ3v) is 2.02. The topological polar surface area (TPSA) is 40.9 Å². The van der Waals surface area contributed by atoms with Gasteiger partial charge in [-0.15, -0.1) is 0 Å². The Hall–Kier alpha value is -1.76. The number of alkyl halides is 2. The highest BCUT2D eigenvalue weighted by atomic mass is 19.3. The molecular weight excluding hydrogens is 200 g/mol. The summed E-state index contributed by atoms with van der Waals surface area (Å²) in [5.41, 5.74) is 0.0294. The van der Waals surface area contributed by atoms with Crippen LogP contribution in [-0.2, 0) is 0 Å². The van der Waals surface area contributed by atoms with Crippen LogP contribution in [0.2, 0.25) is 0 Å². The Morgan fingerprint density at radius 1 is 1.47 bits per heavy atom. The number of hydrogen-bond acceptors (Lipinski definition) is 2. The Morgan fingerprint density at radius 2 is 2.07 bits per heavy atom. The summed E-state index contributed by atoms with van der Waals surface area (Å²) in [6.07, 6.45) is -2.74. The summed E-state index contributed by atoms with van der Waals surface area (Å²) in [4.78, 5) is 11.2. The van der Waals surface area contributed by atoms with Crippen molar-refractivity contribution >= 4 is 5.78 Å². The second-order valence-electron chi connectivity index (χ2n) is 3.25. The molecule has 4 heteroatoms.